The van der Waals surface area contributed by atoms with E-state index < -0.39 is 5.97 Å². The van der Waals surface area contributed by atoms with Crippen molar-refractivity contribution in [2.24, 2.45) is 5.73 Å². The molecule has 0 saturated carbocycles. The second-order valence-corrected chi connectivity index (χ2v) is 3.67. The van der Waals surface area contributed by atoms with Gasteiger partial charge in [-0.05, 0) is 6.07 Å². The molecule has 3 N–H and O–H groups in total. The third-order valence-corrected chi connectivity index (χ3v) is 2.47. The van der Waals surface area contributed by atoms with Crippen molar-refractivity contribution in [3.8, 4) is 0 Å². The fourth-order valence-electron chi connectivity index (χ4n) is 1.76. The number of carboxylic acid groups (broad SMARTS) is 1. The molecular formula is C10H11N3O3. The van der Waals surface area contributed by atoms with E-state index in [1.54, 1.807) is 0 Å². The van der Waals surface area contributed by atoms with Crippen LogP contribution in [0.25, 0.3) is 0 Å². The summed E-state index contributed by atoms with van der Waals surface area (Å²) in [4.78, 5) is 27.7. The highest BCUT2D eigenvalue weighted by atomic mass is 16.4. The average Bonchev–Trinajstić information content (AvgIpc) is 2.57. The number of nitrogens with zero attached hydrogens (tertiary/aromatic N) is 2. The first-order chi connectivity index (χ1) is 7.59. The standard InChI is InChI=1S/C10H11N3O3/c11-6-3-9(14)13(5-6)8-1-2-12-4-7(8)10(15)16/h1-2,4,6H,3,5,11H2,(H,15,16). The highest BCUT2D eigenvalue weighted by Crippen LogP contribution is 2.24. The molecule has 1 aliphatic heterocycles. The molecule has 2 rings (SSSR count). The van der Waals surface area contributed by atoms with E-state index in [1.807, 2.05) is 0 Å². The zero-order chi connectivity index (χ0) is 11.7. The molecule has 1 fully saturated rings. The molecule has 0 radical (unpaired) electrons. The number of pyridine rings is 1. The van der Waals surface area contributed by atoms with Crippen LogP contribution < -0.4 is 10.6 Å². The lowest BCUT2D eigenvalue weighted by Crippen LogP contribution is -2.29. The predicted molar refractivity (Wildman–Crippen MR) is 56.1 cm³/mol. The molecule has 84 valence electrons. The zero-order valence-electron chi connectivity index (χ0n) is 8.46. The van der Waals surface area contributed by atoms with Crippen molar-refractivity contribution in [3.05, 3.63) is 24.0 Å². The largest absolute Gasteiger partial charge is 0.478 e. The summed E-state index contributed by atoms with van der Waals surface area (Å²) in [5.74, 6) is -1.25. The van der Waals surface area contributed by atoms with Crippen LogP contribution in [0, 0.1) is 0 Å². The number of carbonyl (C=O) groups excluding carboxylic acids is 1. The van der Waals surface area contributed by atoms with E-state index in [9.17, 15) is 9.59 Å². The van der Waals surface area contributed by atoms with Crippen molar-refractivity contribution in [1.82, 2.24) is 4.98 Å². The van der Waals surface area contributed by atoms with Crippen LogP contribution in [0.4, 0.5) is 5.69 Å². The summed E-state index contributed by atoms with van der Waals surface area (Å²) >= 11 is 0. The maximum Gasteiger partial charge on any atom is 0.339 e. The Morgan fingerprint density at radius 2 is 2.38 bits per heavy atom. The Kier molecular flexibility index (Phi) is 2.57. The molecule has 0 spiro atoms. The van der Waals surface area contributed by atoms with E-state index in [0.717, 1.165) is 0 Å². The van der Waals surface area contributed by atoms with Gasteiger partial charge in [0.2, 0.25) is 5.91 Å². The van der Waals surface area contributed by atoms with Crippen molar-refractivity contribution in [2.45, 2.75) is 12.5 Å². The van der Waals surface area contributed by atoms with Crippen LogP contribution in [-0.4, -0.2) is 34.6 Å². The molecule has 6 nitrogen and oxygen atoms in total. The van der Waals surface area contributed by atoms with E-state index in [4.69, 9.17) is 10.8 Å². The summed E-state index contributed by atoms with van der Waals surface area (Å²) < 4.78 is 0. The van der Waals surface area contributed by atoms with Gasteiger partial charge in [0, 0.05) is 31.4 Å². The first kappa shape index (κ1) is 10.6. The maximum atomic E-state index is 11.6. The van der Waals surface area contributed by atoms with Crippen LogP contribution in [-0.2, 0) is 4.79 Å². The summed E-state index contributed by atoms with van der Waals surface area (Å²) in [7, 11) is 0. The number of aromatic nitrogens is 1. The van der Waals surface area contributed by atoms with Crippen molar-refractivity contribution in [3.63, 3.8) is 0 Å². The normalized spacial score (nSPS) is 20.2. The Balaban J connectivity index is 2.40. The molecule has 6 heteroatoms. The number of hydrogen-bond acceptors (Lipinski definition) is 4. The van der Waals surface area contributed by atoms with Gasteiger partial charge in [0.1, 0.15) is 5.56 Å². The minimum Gasteiger partial charge on any atom is -0.478 e. The Hall–Kier alpha value is -1.95. The number of hydrogen-bond donors (Lipinski definition) is 2. The molecular weight excluding hydrogens is 210 g/mol. The maximum absolute atomic E-state index is 11.6. The highest BCUT2D eigenvalue weighted by Gasteiger charge is 2.30. The molecule has 2 heterocycles. The van der Waals surface area contributed by atoms with Gasteiger partial charge in [-0.1, -0.05) is 0 Å². The highest BCUT2D eigenvalue weighted by molar-refractivity contribution is 6.03. The van der Waals surface area contributed by atoms with Gasteiger partial charge < -0.3 is 15.7 Å². The Labute approximate surface area is 91.7 Å². The lowest BCUT2D eigenvalue weighted by Gasteiger charge is -2.17. The van der Waals surface area contributed by atoms with Gasteiger partial charge in [-0.3, -0.25) is 9.78 Å². The van der Waals surface area contributed by atoms with Crippen LogP contribution in [0.2, 0.25) is 0 Å². The summed E-state index contributed by atoms with van der Waals surface area (Å²) in [6, 6.07) is 1.28. The van der Waals surface area contributed by atoms with Gasteiger partial charge in [0.05, 0.1) is 5.69 Å². The molecule has 1 saturated heterocycles. The summed E-state index contributed by atoms with van der Waals surface area (Å²) in [6.07, 6.45) is 2.94. The fraction of sp³-hybridized carbons (Fsp3) is 0.300. The molecule has 0 aromatic carbocycles. The smallest absolute Gasteiger partial charge is 0.339 e. The molecule has 1 atom stereocenters. The minimum absolute atomic E-state index is 0.0185. The van der Waals surface area contributed by atoms with E-state index in [-0.39, 0.29) is 23.9 Å². The number of carboxylic acids is 1. The molecule has 1 aromatic heterocycles. The monoisotopic (exact) mass is 221 g/mol. The molecule has 1 unspecified atom stereocenters. The summed E-state index contributed by atoms with van der Waals surface area (Å²) in [5, 5.41) is 8.97. The number of amides is 1. The lowest BCUT2D eigenvalue weighted by molar-refractivity contribution is -0.117. The van der Waals surface area contributed by atoms with Gasteiger partial charge in [0.15, 0.2) is 0 Å². The predicted octanol–water partition coefficient (Wildman–Crippen LogP) is -0.156. The molecule has 1 aliphatic rings. The quantitative estimate of drug-likeness (QED) is 0.723. The number of aromatic carboxylic acids is 1. The van der Waals surface area contributed by atoms with Crippen molar-refractivity contribution in [1.29, 1.82) is 0 Å². The number of rotatable bonds is 2. The second-order valence-electron chi connectivity index (χ2n) is 3.67. The lowest BCUT2D eigenvalue weighted by atomic mass is 10.2. The first-order valence-corrected chi connectivity index (χ1v) is 4.83. The molecule has 16 heavy (non-hydrogen) atoms. The number of anilines is 1. The number of nitrogens with two attached hydrogens (primary N) is 1. The van der Waals surface area contributed by atoms with Crippen molar-refractivity contribution >= 4 is 17.6 Å². The van der Waals surface area contributed by atoms with Gasteiger partial charge in [0.25, 0.3) is 0 Å². The van der Waals surface area contributed by atoms with Gasteiger partial charge in [-0.15, -0.1) is 0 Å². The average molecular weight is 221 g/mol. The van der Waals surface area contributed by atoms with E-state index in [1.165, 1.54) is 23.4 Å². The molecule has 0 aliphatic carbocycles. The Bertz CT molecular complexity index is 447. The SMILES string of the molecule is NC1CC(=O)N(c2ccncc2C(=O)O)C1. The van der Waals surface area contributed by atoms with E-state index in [2.05, 4.69) is 4.98 Å². The van der Waals surface area contributed by atoms with Crippen LogP contribution in [0.1, 0.15) is 16.8 Å². The van der Waals surface area contributed by atoms with Crippen molar-refractivity contribution in [2.75, 3.05) is 11.4 Å². The van der Waals surface area contributed by atoms with Crippen LogP contribution in [0.15, 0.2) is 18.5 Å². The summed E-state index contributed by atoms with van der Waals surface area (Å²) in [5.41, 5.74) is 6.03. The van der Waals surface area contributed by atoms with Gasteiger partial charge in [-0.25, -0.2) is 4.79 Å². The Morgan fingerprint density at radius 1 is 1.62 bits per heavy atom. The first-order valence-electron chi connectivity index (χ1n) is 4.83. The summed E-state index contributed by atoms with van der Waals surface area (Å²) in [6.45, 7) is 0.350. The van der Waals surface area contributed by atoms with Crippen molar-refractivity contribution < 1.29 is 14.7 Å². The third kappa shape index (κ3) is 1.74. The molecule has 0 bridgehead atoms. The second kappa shape index (κ2) is 3.90. The zero-order valence-corrected chi connectivity index (χ0v) is 8.46. The van der Waals surface area contributed by atoms with E-state index >= 15 is 0 Å². The van der Waals surface area contributed by atoms with Gasteiger partial charge >= 0.3 is 5.97 Å². The Morgan fingerprint density at radius 3 is 2.94 bits per heavy atom. The van der Waals surface area contributed by atoms with Crippen LogP contribution >= 0.6 is 0 Å². The minimum atomic E-state index is -1.10. The number of carbonyl (C=O) groups is 2. The van der Waals surface area contributed by atoms with Crippen LogP contribution in [0.5, 0.6) is 0 Å². The topological polar surface area (TPSA) is 96.5 Å². The molecule has 1 aromatic rings. The van der Waals surface area contributed by atoms with E-state index in [0.29, 0.717) is 12.2 Å². The fourth-order valence-corrected chi connectivity index (χ4v) is 1.76. The third-order valence-electron chi connectivity index (χ3n) is 2.47. The van der Waals surface area contributed by atoms with Crippen LogP contribution in [0.3, 0.4) is 0 Å². The molecule has 1 amide bonds. The van der Waals surface area contributed by atoms with Gasteiger partial charge in [-0.2, -0.15) is 0 Å².